The molecule has 1 saturated heterocycles. The number of benzene rings is 4. The molecule has 0 aromatic heterocycles. The minimum absolute atomic E-state index is 0.0847. The smallest absolute Gasteiger partial charge is 0.408 e. The normalized spacial score (nSPS) is 18.9. The van der Waals surface area contributed by atoms with Crippen LogP contribution in [0.2, 0.25) is 0 Å². The lowest BCUT2D eigenvalue weighted by atomic mass is 9.90. The van der Waals surface area contributed by atoms with E-state index in [-0.39, 0.29) is 45.9 Å². The van der Waals surface area contributed by atoms with Crippen LogP contribution >= 0.6 is 0 Å². The summed E-state index contributed by atoms with van der Waals surface area (Å²) < 4.78 is 22.7. The van der Waals surface area contributed by atoms with Gasteiger partial charge in [0.15, 0.2) is 5.43 Å². The maximum absolute atomic E-state index is 13.7. The second-order valence-corrected chi connectivity index (χ2v) is 16.4. The molecule has 0 radical (unpaired) electrons. The summed E-state index contributed by atoms with van der Waals surface area (Å²) in [6.07, 6.45) is 2.62. The van der Waals surface area contributed by atoms with Gasteiger partial charge in [-0.25, -0.2) is 9.59 Å². The second kappa shape index (κ2) is 23.2. The number of nitrogens with one attached hydrogen (secondary N) is 2. The fourth-order valence-corrected chi connectivity index (χ4v) is 7.96. The van der Waals surface area contributed by atoms with Crippen LogP contribution < -0.4 is 20.8 Å². The molecule has 0 bridgehead atoms. The van der Waals surface area contributed by atoms with Gasteiger partial charge in [-0.05, 0) is 60.0 Å². The van der Waals surface area contributed by atoms with E-state index in [1.54, 1.807) is 24.3 Å². The average Bonchev–Trinajstić information content (AvgIpc) is 3.29. The zero-order valence-electron chi connectivity index (χ0n) is 36.3. The fourth-order valence-electron chi connectivity index (χ4n) is 7.96. The van der Waals surface area contributed by atoms with Gasteiger partial charge in [0.2, 0.25) is 12.4 Å². The van der Waals surface area contributed by atoms with Gasteiger partial charge in [0.1, 0.15) is 47.3 Å². The minimum atomic E-state index is -1.65. The molecule has 6 atom stereocenters. The van der Waals surface area contributed by atoms with Crippen LogP contribution in [0.1, 0.15) is 105 Å². The van der Waals surface area contributed by atoms with E-state index in [2.05, 4.69) is 17.6 Å². The molecule has 2 aliphatic heterocycles. The highest BCUT2D eigenvalue weighted by Gasteiger charge is 2.44. The van der Waals surface area contributed by atoms with Crippen molar-refractivity contribution >= 4 is 28.9 Å². The number of phenolic OH excluding ortho intramolecular Hbond substituents is 1. The summed E-state index contributed by atoms with van der Waals surface area (Å²) in [6.45, 7) is 1.73. The highest BCUT2D eigenvalue weighted by atomic mass is 16.7. The number of rotatable bonds is 22. The molecule has 2 heterocycles. The van der Waals surface area contributed by atoms with Gasteiger partial charge in [-0.2, -0.15) is 0 Å². The largest absolute Gasteiger partial charge is 0.508 e. The molecule has 6 rings (SSSR count). The average molecular weight is 899 g/mol. The zero-order valence-corrected chi connectivity index (χ0v) is 36.3. The molecule has 348 valence electrons. The first-order chi connectivity index (χ1) is 31.4. The summed E-state index contributed by atoms with van der Waals surface area (Å²) in [4.78, 5) is 52.0. The van der Waals surface area contributed by atoms with Gasteiger partial charge < -0.3 is 59.9 Å². The van der Waals surface area contributed by atoms with Crippen LogP contribution in [0.5, 0.6) is 11.5 Å². The number of fused-ring (bicyclic) bond motifs is 2. The predicted molar refractivity (Wildman–Crippen MR) is 240 cm³/mol. The number of unbranched alkanes of at least 4 members (excludes halogenated alkanes) is 10. The van der Waals surface area contributed by atoms with Crippen LogP contribution in [0.3, 0.4) is 0 Å². The van der Waals surface area contributed by atoms with Gasteiger partial charge in [0.25, 0.3) is 5.91 Å². The van der Waals surface area contributed by atoms with Crippen LogP contribution in [0, 0.1) is 0 Å². The van der Waals surface area contributed by atoms with Gasteiger partial charge >= 0.3 is 12.1 Å². The van der Waals surface area contributed by atoms with Crippen LogP contribution in [-0.2, 0) is 20.8 Å². The first-order valence-electron chi connectivity index (χ1n) is 22.2. The Labute approximate surface area is 376 Å². The summed E-state index contributed by atoms with van der Waals surface area (Å²) >= 11 is 0. The lowest BCUT2D eigenvalue weighted by molar-refractivity contribution is -0.277. The SMILES string of the molecule is CCCCCCCCCCCCCNC(=O)C(OC(=O)NCc1ccc(-c2c3ccc(=O)cc-3oc3cc(O)ccc23)c(C(=O)O)c1)c1ccc(O[C@@H]2O[C@H](CO)[C@H](O)[C@H](O)[C@H]2O)cc1. The third-order valence-corrected chi connectivity index (χ3v) is 11.5. The molecule has 0 spiro atoms. The first-order valence-corrected chi connectivity index (χ1v) is 22.2. The number of ether oxygens (including phenoxy) is 3. The number of carboxylic acids is 1. The van der Waals surface area contributed by atoms with Crippen LogP contribution in [0.15, 0.2) is 88.1 Å². The lowest BCUT2D eigenvalue weighted by Crippen LogP contribution is -2.60. The third-order valence-electron chi connectivity index (χ3n) is 11.5. The number of hydrogen-bond donors (Lipinski definition) is 8. The Morgan fingerprint density at radius 2 is 1.43 bits per heavy atom. The summed E-state index contributed by atoms with van der Waals surface area (Å²) in [6, 6.07) is 19.0. The van der Waals surface area contributed by atoms with E-state index in [0.717, 1.165) is 25.7 Å². The lowest BCUT2D eigenvalue weighted by Gasteiger charge is -2.39. The third kappa shape index (κ3) is 12.6. The number of carbonyl (C=O) groups is 3. The van der Waals surface area contributed by atoms with E-state index < -0.39 is 61.4 Å². The Balaban J connectivity index is 1.14. The summed E-state index contributed by atoms with van der Waals surface area (Å²) in [7, 11) is 0. The number of amides is 2. The molecule has 0 saturated carbocycles. The second-order valence-electron chi connectivity index (χ2n) is 16.4. The van der Waals surface area contributed by atoms with E-state index in [1.165, 1.54) is 99.5 Å². The fraction of sp³-hybridized carbons (Fsp3) is 0.429. The molecule has 3 aliphatic rings. The monoisotopic (exact) mass is 898 g/mol. The molecule has 8 N–H and O–H groups in total. The van der Waals surface area contributed by atoms with Gasteiger partial charge in [0.05, 0.1) is 12.2 Å². The summed E-state index contributed by atoms with van der Waals surface area (Å²) in [5.74, 6) is -1.60. The molecule has 16 nitrogen and oxygen atoms in total. The molecular formula is C49H58N2O14. The van der Waals surface area contributed by atoms with E-state index >= 15 is 0 Å². The Bertz CT molecular complexity index is 2400. The number of aliphatic hydroxyl groups excluding tert-OH is 4. The van der Waals surface area contributed by atoms with Crippen molar-refractivity contribution in [2.24, 2.45) is 0 Å². The van der Waals surface area contributed by atoms with Gasteiger partial charge in [-0.3, -0.25) is 9.59 Å². The number of aromatic carboxylic acids is 1. The van der Waals surface area contributed by atoms with Gasteiger partial charge in [-0.1, -0.05) is 95.4 Å². The quantitative estimate of drug-likeness (QED) is 0.0271. The molecular weight excluding hydrogens is 841 g/mol. The Hall–Kier alpha value is -6.04. The van der Waals surface area contributed by atoms with E-state index in [4.69, 9.17) is 18.6 Å². The molecule has 1 fully saturated rings. The predicted octanol–water partition coefficient (Wildman–Crippen LogP) is 6.54. The van der Waals surface area contributed by atoms with Gasteiger partial charge in [-0.15, -0.1) is 0 Å². The van der Waals surface area contributed by atoms with E-state index in [1.807, 2.05) is 0 Å². The number of phenols is 1. The van der Waals surface area contributed by atoms with Crippen molar-refractivity contribution in [1.29, 1.82) is 0 Å². The van der Waals surface area contributed by atoms with Crippen molar-refractivity contribution in [2.75, 3.05) is 13.2 Å². The van der Waals surface area contributed by atoms with Crippen LogP contribution in [0.25, 0.3) is 33.4 Å². The number of aromatic hydroxyl groups is 1. The van der Waals surface area contributed by atoms with E-state index in [9.17, 15) is 49.8 Å². The van der Waals surface area contributed by atoms with Crippen molar-refractivity contribution in [2.45, 2.75) is 121 Å². The Morgan fingerprint density at radius 1 is 0.754 bits per heavy atom. The highest BCUT2D eigenvalue weighted by Crippen LogP contribution is 2.42. The molecule has 1 unspecified atom stereocenters. The van der Waals surface area contributed by atoms with Crippen molar-refractivity contribution in [3.05, 3.63) is 106 Å². The topological polar surface area (TPSA) is 255 Å². The summed E-state index contributed by atoms with van der Waals surface area (Å²) in [5.41, 5.74) is 1.69. The van der Waals surface area contributed by atoms with Crippen molar-refractivity contribution in [1.82, 2.24) is 10.6 Å². The molecule has 65 heavy (non-hydrogen) atoms. The van der Waals surface area contributed by atoms with Crippen molar-refractivity contribution in [3.8, 4) is 33.9 Å². The van der Waals surface area contributed by atoms with Gasteiger partial charge in [0, 0.05) is 47.3 Å². The highest BCUT2D eigenvalue weighted by molar-refractivity contribution is 6.07. The molecule has 3 aromatic rings. The molecule has 3 aromatic carbocycles. The number of carboxylic acid groups (broad SMARTS) is 1. The number of hydrogen-bond acceptors (Lipinski definition) is 13. The van der Waals surface area contributed by atoms with Crippen LogP contribution in [0.4, 0.5) is 4.79 Å². The minimum Gasteiger partial charge on any atom is -0.508 e. The first kappa shape index (κ1) is 48.4. The number of carbonyl (C=O) groups excluding carboxylic acids is 2. The summed E-state index contributed by atoms with van der Waals surface area (Å²) in [5, 5.41) is 66.8. The molecule has 16 heteroatoms. The van der Waals surface area contributed by atoms with Crippen LogP contribution in [-0.4, -0.2) is 92.5 Å². The standard InChI is InChI=1S/C49H58N2O14/c1-2-3-4-5-6-7-8-9-10-11-12-23-50-46(58)45(30-14-18-33(19-15-30)62-48-44(57)43(56)42(55)40(28-52)64-48)65-49(61)51-27-29-13-20-34(37(24-29)47(59)60)41-35-21-16-31(53)25-38(35)63-39-26-32(54)17-22-36(39)41/h13-22,24-26,40,42-45,48,52-53,55-57H,2-12,23,27-28H2,1H3,(H,50,58)(H,51,61)(H,59,60)/t40-,42+,43+,44-,45?,48-/m1/s1. The molecule has 1 aliphatic carbocycles. The zero-order chi connectivity index (χ0) is 46.5. The maximum Gasteiger partial charge on any atom is 0.408 e. The number of aliphatic hydroxyl groups is 4. The van der Waals surface area contributed by atoms with Crippen molar-refractivity contribution in [3.63, 3.8) is 0 Å². The molecule has 2 amide bonds. The Morgan fingerprint density at radius 3 is 2.11 bits per heavy atom. The number of alkyl carbamates (subject to hydrolysis) is 1. The van der Waals surface area contributed by atoms with Crippen molar-refractivity contribution < 1.29 is 63.7 Å². The maximum atomic E-state index is 13.7. The van der Waals surface area contributed by atoms with E-state index in [0.29, 0.717) is 34.2 Å². The Kier molecular flexibility index (Phi) is 17.3.